The standard InChI is InChI=1S/C15H21N3O/c1-3-7-18-11-16-10-14(18)15(19)8-13-6-5-12(4-2)9-17-13/h5-6,9-11,15,19H,3-4,7-8H2,1-2H3. The van der Waals surface area contributed by atoms with Gasteiger partial charge in [0, 0.05) is 24.9 Å². The molecule has 1 N–H and O–H groups in total. The van der Waals surface area contributed by atoms with Crippen LogP contribution in [0.4, 0.5) is 0 Å². The smallest absolute Gasteiger partial charge is 0.101 e. The van der Waals surface area contributed by atoms with Crippen LogP contribution in [0.15, 0.2) is 30.9 Å². The second-order valence-corrected chi connectivity index (χ2v) is 4.74. The van der Waals surface area contributed by atoms with Crippen molar-refractivity contribution < 1.29 is 5.11 Å². The van der Waals surface area contributed by atoms with E-state index in [4.69, 9.17) is 0 Å². The van der Waals surface area contributed by atoms with Gasteiger partial charge in [-0.15, -0.1) is 0 Å². The number of aliphatic hydroxyl groups is 1. The van der Waals surface area contributed by atoms with E-state index in [0.717, 1.165) is 30.8 Å². The molecule has 102 valence electrons. The predicted molar refractivity (Wildman–Crippen MR) is 74.8 cm³/mol. The van der Waals surface area contributed by atoms with Crippen molar-refractivity contribution in [3.63, 3.8) is 0 Å². The molecule has 4 heteroatoms. The van der Waals surface area contributed by atoms with Gasteiger partial charge in [-0.05, 0) is 24.5 Å². The zero-order chi connectivity index (χ0) is 13.7. The van der Waals surface area contributed by atoms with Crippen LogP contribution >= 0.6 is 0 Å². The SMILES string of the molecule is CCCn1cncc1C(O)Cc1ccc(CC)cn1. The van der Waals surface area contributed by atoms with E-state index >= 15 is 0 Å². The Bertz CT molecular complexity index is 504. The highest BCUT2D eigenvalue weighted by molar-refractivity contribution is 5.16. The quantitative estimate of drug-likeness (QED) is 0.867. The molecule has 0 bridgehead atoms. The van der Waals surface area contributed by atoms with Crippen LogP contribution < -0.4 is 0 Å². The average molecular weight is 259 g/mol. The molecule has 4 nitrogen and oxygen atoms in total. The Morgan fingerprint density at radius 2 is 2.11 bits per heavy atom. The lowest BCUT2D eigenvalue weighted by atomic mass is 10.1. The van der Waals surface area contributed by atoms with E-state index in [0.29, 0.717) is 6.42 Å². The van der Waals surface area contributed by atoms with Crippen LogP contribution in [-0.2, 0) is 19.4 Å². The maximum absolute atomic E-state index is 10.3. The molecule has 0 aliphatic heterocycles. The van der Waals surface area contributed by atoms with Gasteiger partial charge in [0.15, 0.2) is 0 Å². The predicted octanol–water partition coefficient (Wildman–Crippen LogP) is 2.53. The molecule has 1 atom stereocenters. The van der Waals surface area contributed by atoms with Gasteiger partial charge < -0.3 is 9.67 Å². The number of aryl methyl sites for hydroxylation is 2. The minimum Gasteiger partial charge on any atom is -0.386 e. The van der Waals surface area contributed by atoms with Crippen molar-refractivity contribution in [3.8, 4) is 0 Å². The molecular formula is C15H21N3O. The first-order valence-corrected chi connectivity index (χ1v) is 6.86. The van der Waals surface area contributed by atoms with Crippen molar-refractivity contribution in [2.75, 3.05) is 0 Å². The normalized spacial score (nSPS) is 12.6. The Balaban J connectivity index is 2.06. The van der Waals surface area contributed by atoms with Crippen molar-refractivity contribution in [2.45, 2.75) is 45.8 Å². The highest BCUT2D eigenvalue weighted by Crippen LogP contribution is 2.17. The van der Waals surface area contributed by atoms with E-state index in [-0.39, 0.29) is 0 Å². The molecule has 0 saturated heterocycles. The number of nitrogens with zero attached hydrogens (tertiary/aromatic N) is 3. The molecule has 0 saturated carbocycles. The number of aliphatic hydroxyl groups excluding tert-OH is 1. The minimum atomic E-state index is -0.547. The molecule has 0 radical (unpaired) electrons. The molecule has 2 aromatic heterocycles. The number of pyridine rings is 1. The first kappa shape index (κ1) is 13.7. The van der Waals surface area contributed by atoms with E-state index in [1.807, 2.05) is 16.8 Å². The van der Waals surface area contributed by atoms with Crippen molar-refractivity contribution >= 4 is 0 Å². The topological polar surface area (TPSA) is 50.9 Å². The fourth-order valence-electron chi connectivity index (χ4n) is 2.12. The van der Waals surface area contributed by atoms with E-state index in [2.05, 4.69) is 29.9 Å². The Morgan fingerprint density at radius 3 is 2.74 bits per heavy atom. The summed E-state index contributed by atoms with van der Waals surface area (Å²) in [5.41, 5.74) is 2.99. The summed E-state index contributed by atoms with van der Waals surface area (Å²) < 4.78 is 2.01. The summed E-state index contributed by atoms with van der Waals surface area (Å²) in [6.45, 7) is 5.10. The average Bonchev–Trinajstić information content (AvgIpc) is 2.88. The van der Waals surface area contributed by atoms with Crippen molar-refractivity contribution in [1.29, 1.82) is 0 Å². The van der Waals surface area contributed by atoms with Gasteiger partial charge in [0.1, 0.15) is 6.10 Å². The summed E-state index contributed by atoms with van der Waals surface area (Å²) >= 11 is 0. The van der Waals surface area contributed by atoms with Gasteiger partial charge in [-0.25, -0.2) is 4.98 Å². The van der Waals surface area contributed by atoms with Crippen LogP contribution in [0.3, 0.4) is 0 Å². The fourth-order valence-corrected chi connectivity index (χ4v) is 2.12. The summed E-state index contributed by atoms with van der Waals surface area (Å²) in [6.07, 6.45) is 7.38. The van der Waals surface area contributed by atoms with Gasteiger partial charge in [-0.2, -0.15) is 0 Å². The third-order valence-corrected chi connectivity index (χ3v) is 3.25. The van der Waals surface area contributed by atoms with Gasteiger partial charge in [0.05, 0.1) is 18.2 Å². The molecule has 2 rings (SSSR count). The Hall–Kier alpha value is -1.68. The number of hydrogen-bond acceptors (Lipinski definition) is 3. The molecular weight excluding hydrogens is 238 g/mol. The second-order valence-electron chi connectivity index (χ2n) is 4.74. The van der Waals surface area contributed by atoms with Crippen LogP contribution in [0.1, 0.15) is 43.3 Å². The van der Waals surface area contributed by atoms with Crippen molar-refractivity contribution in [3.05, 3.63) is 47.8 Å². The van der Waals surface area contributed by atoms with Crippen LogP contribution in [0.25, 0.3) is 0 Å². The van der Waals surface area contributed by atoms with Crippen molar-refractivity contribution in [2.24, 2.45) is 0 Å². The summed E-state index contributed by atoms with van der Waals surface area (Å²) in [7, 11) is 0. The number of aromatic nitrogens is 3. The molecule has 2 heterocycles. The maximum Gasteiger partial charge on any atom is 0.101 e. The van der Waals surface area contributed by atoms with E-state index in [1.54, 1.807) is 12.5 Å². The van der Waals surface area contributed by atoms with Crippen LogP contribution in [0.2, 0.25) is 0 Å². The molecule has 2 aromatic rings. The molecule has 0 aliphatic rings. The highest BCUT2D eigenvalue weighted by Gasteiger charge is 2.14. The maximum atomic E-state index is 10.3. The first-order chi connectivity index (χ1) is 9.24. The Morgan fingerprint density at radius 1 is 1.26 bits per heavy atom. The lowest BCUT2D eigenvalue weighted by Crippen LogP contribution is -2.10. The first-order valence-electron chi connectivity index (χ1n) is 6.86. The molecule has 0 spiro atoms. The molecule has 1 unspecified atom stereocenters. The van der Waals surface area contributed by atoms with Crippen LogP contribution in [0, 0.1) is 0 Å². The van der Waals surface area contributed by atoms with Crippen LogP contribution in [-0.4, -0.2) is 19.6 Å². The Labute approximate surface area is 114 Å². The lowest BCUT2D eigenvalue weighted by molar-refractivity contribution is 0.167. The summed E-state index contributed by atoms with van der Waals surface area (Å²) in [5, 5.41) is 10.3. The lowest BCUT2D eigenvalue weighted by Gasteiger charge is -2.13. The molecule has 0 aliphatic carbocycles. The summed E-state index contributed by atoms with van der Waals surface area (Å²) in [5.74, 6) is 0. The molecule has 19 heavy (non-hydrogen) atoms. The fraction of sp³-hybridized carbons (Fsp3) is 0.467. The third kappa shape index (κ3) is 3.41. The van der Waals surface area contributed by atoms with Gasteiger partial charge in [-0.3, -0.25) is 4.98 Å². The number of rotatable bonds is 6. The third-order valence-electron chi connectivity index (χ3n) is 3.25. The van der Waals surface area contributed by atoms with Gasteiger partial charge in [-0.1, -0.05) is 19.9 Å². The van der Waals surface area contributed by atoms with Gasteiger partial charge in [0.25, 0.3) is 0 Å². The van der Waals surface area contributed by atoms with Crippen molar-refractivity contribution in [1.82, 2.24) is 14.5 Å². The second kappa shape index (κ2) is 6.48. The minimum absolute atomic E-state index is 0.527. The zero-order valence-corrected chi connectivity index (χ0v) is 11.6. The van der Waals surface area contributed by atoms with E-state index in [9.17, 15) is 5.11 Å². The highest BCUT2D eigenvalue weighted by atomic mass is 16.3. The largest absolute Gasteiger partial charge is 0.386 e. The molecule has 0 fully saturated rings. The van der Waals surface area contributed by atoms with E-state index < -0.39 is 6.10 Å². The molecule has 0 amide bonds. The van der Waals surface area contributed by atoms with E-state index in [1.165, 1.54) is 5.56 Å². The number of imidazole rings is 1. The van der Waals surface area contributed by atoms with Gasteiger partial charge in [0.2, 0.25) is 0 Å². The number of hydrogen-bond donors (Lipinski definition) is 1. The Kier molecular flexibility index (Phi) is 4.68. The zero-order valence-electron chi connectivity index (χ0n) is 11.6. The monoisotopic (exact) mass is 259 g/mol. The van der Waals surface area contributed by atoms with Crippen LogP contribution in [0.5, 0.6) is 0 Å². The molecule has 0 aromatic carbocycles. The summed E-state index contributed by atoms with van der Waals surface area (Å²) in [6, 6.07) is 4.06. The summed E-state index contributed by atoms with van der Waals surface area (Å²) in [4.78, 5) is 8.50. The van der Waals surface area contributed by atoms with Gasteiger partial charge >= 0.3 is 0 Å².